The van der Waals surface area contributed by atoms with Gasteiger partial charge in [-0.2, -0.15) is 5.26 Å². The molecule has 7 heteroatoms. The molecule has 0 aliphatic carbocycles. The summed E-state index contributed by atoms with van der Waals surface area (Å²) in [7, 11) is -2.46. The first-order chi connectivity index (χ1) is 10.2. The molecule has 0 fully saturated rings. The molecule has 2 rings (SSSR count). The van der Waals surface area contributed by atoms with Crippen LogP contribution in [0.4, 0.5) is 0 Å². The van der Waals surface area contributed by atoms with Crippen LogP contribution in [0.2, 0.25) is 0 Å². The van der Waals surface area contributed by atoms with E-state index in [-0.39, 0.29) is 16.5 Å². The van der Waals surface area contributed by atoms with Gasteiger partial charge in [0.15, 0.2) is 5.69 Å². The summed E-state index contributed by atoms with van der Waals surface area (Å²) in [6, 6.07) is 7.63. The van der Waals surface area contributed by atoms with Crippen LogP contribution in [-0.2, 0) is 15.3 Å². The van der Waals surface area contributed by atoms with Gasteiger partial charge in [0.1, 0.15) is 11.8 Å². The molecule has 0 atom stereocenters. The van der Waals surface area contributed by atoms with E-state index in [9.17, 15) is 8.42 Å². The number of nitrogens with zero attached hydrogens (tertiary/aromatic N) is 2. The first-order valence-electron chi connectivity index (χ1n) is 6.50. The predicted octanol–water partition coefficient (Wildman–Crippen LogP) is 2.69. The molecule has 0 aliphatic rings. The fourth-order valence-corrected chi connectivity index (χ4v) is 2.98. The van der Waals surface area contributed by atoms with E-state index in [1.807, 2.05) is 20.8 Å². The Kier molecular flexibility index (Phi) is 3.98. The van der Waals surface area contributed by atoms with Gasteiger partial charge >= 0.3 is 0 Å². The molecule has 0 spiro atoms. The summed E-state index contributed by atoms with van der Waals surface area (Å²) in [5, 5.41) is 8.71. The Morgan fingerprint density at radius 2 is 1.82 bits per heavy atom. The minimum atomic E-state index is -3.95. The molecular weight excluding hydrogens is 304 g/mol. The van der Waals surface area contributed by atoms with E-state index in [0.717, 1.165) is 0 Å². The Labute approximate surface area is 129 Å². The molecule has 0 N–H and O–H groups in total. The van der Waals surface area contributed by atoms with Crippen LogP contribution in [0.15, 0.2) is 38.7 Å². The van der Waals surface area contributed by atoms with Gasteiger partial charge in [-0.25, -0.2) is 13.4 Å². The molecule has 1 aromatic carbocycles. The minimum absolute atomic E-state index is 0.0152. The molecule has 0 unspecified atom stereocenters. The predicted molar refractivity (Wildman–Crippen MR) is 78.4 cm³/mol. The largest absolute Gasteiger partial charge is 0.497 e. The maximum absolute atomic E-state index is 12.6. The second kappa shape index (κ2) is 5.46. The molecule has 0 aliphatic heterocycles. The summed E-state index contributed by atoms with van der Waals surface area (Å²) in [5.74, 6) is 0.739. The monoisotopic (exact) mass is 320 g/mol. The highest BCUT2D eigenvalue weighted by Gasteiger charge is 2.31. The van der Waals surface area contributed by atoms with E-state index >= 15 is 0 Å². The van der Waals surface area contributed by atoms with Crippen molar-refractivity contribution in [2.24, 2.45) is 0 Å². The Morgan fingerprint density at radius 3 is 2.27 bits per heavy atom. The summed E-state index contributed by atoms with van der Waals surface area (Å²) < 4.78 is 35.6. The van der Waals surface area contributed by atoms with Crippen LogP contribution < -0.4 is 4.74 Å². The van der Waals surface area contributed by atoms with Crippen molar-refractivity contribution in [3.05, 3.63) is 35.9 Å². The quantitative estimate of drug-likeness (QED) is 0.863. The summed E-state index contributed by atoms with van der Waals surface area (Å²) in [5.41, 5.74) is -0.736. The number of oxazole rings is 1. The molecule has 0 bridgehead atoms. The number of nitriles is 1. The van der Waals surface area contributed by atoms with Gasteiger partial charge in [0.05, 0.1) is 12.0 Å². The van der Waals surface area contributed by atoms with E-state index in [1.54, 1.807) is 6.07 Å². The van der Waals surface area contributed by atoms with Crippen molar-refractivity contribution >= 4 is 9.84 Å². The van der Waals surface area contributed by atoms with Gasteiger partial charge in [0.2, 0.25) is 15.7 Å². The van der Waals surface area contributed by atoms with E-state index in [4.69, 9.17) is 14.4 Å². The van der Waals surface area contributed by atoms with Gasteiger partial charge in [0, 0.05) is 5.41 Å². The highest BCUT2D eigenvalue weighted by atomic mass is 32.2. The molecular formula is C15H16N2O4S. The molecule has 0 amide bonds. The Balaban J connectivity index is 2.58. The Morgan fingerprint density at radius 1 is 1.23 bits per heavy atom. The van der Waals surface area contributed by atoms with Crippen LogP contribution in [0.5, 0.6) is 5.75 Å². The van der Waals surface area contributed by atoms with Crippen LogP contribution in [-0.4, -0.2) is 20.5 Å². The van der Waals surface area contributed by atoms with Gasteiger partial charge in [-0.3, -0.25) is 0 Å². The van der Waals surface area contributed by atoms with Crippen molar-refractivity contribution in [3.63, 3.8) is 0 Å². The Bertz CT molecular complexity index is 822. The number of hydrogen-bond donors (Lipinski definition) is 0. The fraction of sp³-hybridized carbons (Fsp3) is 0.333. The van der Waals surface area contributed by atoms with Gasteiger partial charge < -0.3 is 9.15 Å². The molecule has 2 aromatic rings. The lowest BCUT2D eigenvalue weighted by molar-refractivity contribution is 0.343. The van der Waals surface area contributed by atoms with Crippen LogP contribution in [0, 0.1) is 11.3 Å². The second-order valence-electron chi connectivity index (χ2n) is 5.70. The standard InChI is InChI=1S/C15H16N2O4S/c1-15(2,3)14-17-12(9-16)13(21-14)22(18,19)11-7-5-10(20-4)6-8-11/h5-8H,1-4H3. The fourth-order valence-electron chi connectivity index (χ4n) is 1.74. The maximum atomic E-state index is 12.6. The number of hydrogen-bond acceptors (Lipinski definition) is 6. The highest BCUT2D eigenvalue weighted by Crippen LogP contribution is 2.30. The Hall–Kier alpha value is -2.33. The minimum Gasteiger partial charge on any atom is -0.497 e. The van der Waals surface area contributed by atoms with Crippen LogP contribution >= 0.6 is 0 Å². The first-order valence-corrected chi connectivity index (χ1v) is 7.99. The zero-order chi connectivity index (χ0) is 16.5. The third-order valence-electron chi connectivity index (χ3n) is 2.96. The summed E-state index contributed by atoms with van der Waals surface area (Å²) in [6.45, 7) is 5.47. The molecule has 0 radical (unpaired) electrons. The smallest absolute Gasteiger partial charge is 0.261 e. The molecule has 22 heavy (non-hydrogen) atoms. The van der Waals surface area contributed by atoms with E-state index in [2.05, 4.69) is 4.98 Å². The zero-order valence-corrected chi connectivity index (χ0v) is 13.6. The van der Waals surface area contributed by atoms with Crippen LogP contribution in [0.1, 0.15) is 32.4 Å². The number of methoxy groups -OCH3 is 1. The number of benzene rings is 1. The zero-order valence-electron chi connectivity index (χ0n) is 12.7. The number of ether oxygens (including phenoxy) is 1. The summed E-state index contributed by atoms with van der Waals surface area (Å²) >= 11 is 0. The van der Waals surface area contributed by atoms with Crippen molar-refractivity contribution in [1.29, 1.82) is 5.26 Å². The van der Waals surface area contributed by atoms with Crippen molar-refractivity contribution in [3.8, 4) is 11.8 Å². The van der Waals surface area contributed by atoms with Crippen molar-refractivity contribution in [2.45, 2.75) is 36.2 Å². The lowest BCUT2D eigenvalue weighted by Gasteiger charge is -2.11. The highest BCUT2D eigenvalue weighted by molar-refractivity contribution is 7.91. The number of aromatic nitrogens is 1. The third kappa shape index (κ3) is 2.83. The molecule has 0 saturated heterocycles. The van der Waals surface area contributed by atoms with E-state index in [0.29, 0.717) is 5.75 Å². The summed E-state index contributed by atoms with van der Waals surface area (Å²) in [4.78, 5) is 4.01. The first kappa shape index (κ1) is 16.0. The summed E-state index contributed by atoms with van der Waals surface area (Å²) in [6.07, 6.45) is 0. The number of rotatable bonds is 3. The maximum Gasteiger partial charge on any atom is 0.261 e. The lowest BCUT2D eigenvalue weighted by atomic mass is 9.97. The normalized spacial score (nSPS) is 12.0. The third-order valence-corrected chi connectivity index (χ3v) is 4.61. The van der Waals surface area contributed by atoms with Crippen LogP contribution in [0.3, 0.4) is 0 Å². The molecule has 1 heterocycles. The van der Waals surface area contributed by atoms with Gasteiger partial charge in [0.25, 0.3) is 5.09 Å². The van der Waals surface area contributed by atoms with Crippen LogP contribution in [0.25, 0.3) is 0 Å². The number of sulfone groups is 1. The van der Waals surface area contributed by atoms with Gasteiger partial charge in [-0.1, -0.05) is 20.8 Å². The van der Waals surface area contributed by atoms with Crippen molar-refractivity contribution in [2.75, 3.05) is 7.11 Å². The van der Waals surface area contributed by atoms with Crippen molar-refractivity contribution in [1.82, 2.24) is 4.98 Å². The van der Waals surface area contributed by atoms with E-state index < -0.39 is 20.3 Å². The average molecular weight is 320 g/mol. The molecule has 1 aromatic heterocycles. The van der Waals surface area contributed by atoms with Gasteiger partial charge in [-0.15, -0.1) is 0 Å². The van der Waals surface area contributed by atoms with Crippen molar-refractivity contribution < 1.29 is 17.6 Å². The molecule has 0 saturated carbocycles. The molecule has 6 nitrogen and oxygen atoms in total. The molecule has 116 valence electrons. The van der Waals surface area contributed by atoms with E-state index in [1.165, 1.54) is 31.4 Å². The second-order valence-corrected chi connectivity index (χ2v) is 7.54. The average Bonchev–Trinajstić information content (AvgIpc) is 2.92. The van der Waals surface area contributed by atoms with Gasteiger partial charge in [-0.05, 0) is 24.3 Å². The topological polar surface area (TPSA) is 93.2 Å². The SMILES string of the molecule is COc1ccc(S(=O)(=O)c2oc(C(C)(C)C)nc2C#N)cc1. The lowest BCUT2D eigenvalue weighted by Crippen LogP contribution is -2.11.